The van der Waals surface area contributed by atoms with Crippen molar-refractivity contribution in [2.24, 2.45) is 0 Å². The van der Waals surface area contributed by atoms with Crippen LogP contribution in [0.3, 0.4) is 0 Å². The molecule has 0 heterocycles. The molecule has 3 aromatic rings. The standard InChI is InChI=1S/C34H45N3O7S/c1-8-25(5)35-34(39)30(9-2)36(22-26-13-11-24(4)12-14-26)33(38)23-37(27-15-17-28(18-16-27)44-10-3)45(40,41)29-19-20-31(42-6)32(21-29)43-7/h11-21,25,30H,8-10,22-23H2,1-7H3,(H,35,39)/t25-,30-/m1/s1. The number of aryl methyl sites for hydroxylation is 1. The number of nitrogens with one attached hydrogen (secondary N) is 1. The molecule has 10 nitrogen and oxygen atoms in total. The SMILES string of the molecule is CCOc1ccc(N(CC(=O)N(Cc2ccc(C)cc2)[C@H](CC)C(=O)N[C@H](C)CC)S(=O)(=O)c2ccc(OC)c(OC)c2)cc1. The molecule has 0 aliphatic rings. The van der Waals surface area contributed by atoms with Gasteiger partial charge in [0.05, 0.1) is 31.4 Å². The van der Waals surface area contributed by atoms with E-state index in [4.69, 9.17) is 14.2 Å². The maximum absolute atomic E-state index is 14.3. The number of nitrogens with zero attached hydrogens (tertiary/aromatic N) is 2. The number of hydrogen-bond donors (Lipinski definition) is 1. The number of hydrogen-bond acceptors (Lipinski definition) is 7. The Labute approximate surface area is 267 Å². The summed E-state index contributed by atoms with van der Waals surface area (Å²) in [6, 6.07) is 17.5. The molecule has 0 fully saturated rings. The predicted molar refractivity (Wildman–Crippen MR) is 175 cm³/mol. The number of carbonyl (C=O) groups excluding carboxylic acids is 2. The number of ether oxygens (including phenoxy) is 3. The Morgan fingerprint density at radius 1 is 0.867 bits per heavy atom. The summed E-state index contributed by atoms with van der Waals surface area (Å²) < 4.78 is 45.8. The zero-order valence-electron chi connectivity index (χ0n) is 27.2. The van der Waals surface area contributed by atoms with Crippen LogP contribution in [0.1, 0.15) is 51.7 Å². The first kappa shape index (κ1) is 35.2. The Morgan fingerprint density at radius 3 is 2.07 bits per heavy atom. The Bertz CT molecular complexity index is 1530. The third-order valence-corrected chi connectivity index (χ3v) is 9.29. The molecule has 0 aromatic heterocycles. The van der Waals surface area contributed by atoms with E-state index in [1.54, 1.807) is 24.3 Å². The van der Waals surface area contributed by atoms with Crippen LogP contribution >= 0.6 is 0 Å². The quantitative estimate of drug-likeness (QED) is 0.225. The van der Waals surface area contributed by atoms with Gasteiger partial charge in [-0.2, -0.15) is 0 Å². The van der Waals surface area contributed by atoms with Crippen LogP contribution in [0, 0.1) is 6.92 Å². The summed E-state index contributed by atoms with van der Waals surface area (Å²) in [4.78, 5) is 29.1. The number of carbonyl (C=O) groups is 2. The highest BCUT2D eigenvalue weighted by molar-refractivity contribution is 7.92. The maximum Gasteiger partial charge on any atom is 0.264 e. The van der Waals surface area contributed by atoms with E-state index < -0.39 is 28.5 Å². The Kier molecular flexibility index (Phi) is 12.7. The molecule has 244 valence electrons. The second-order valence-electron chi connectivity index (χ2n) is 10.7. The van der Waals surface area contributed by atoms with Gasteiger partial charge in [-0.25, -0.2) is 8.42 Å². The Balaban J connectivity index is 2.11. The molecule has 45 heavy (non-hydrogen) atoms. The molecule has 0 spiro atoms. The van der Waals surface area contributed by atoms with Gasteiger partial charge < -0.3 is 24.4 Å². The average Bonchev–Trinajstić information content (AvgIpc) is 3.04. The number of anilines is 1. The van der Waals surface area contributed by atoms with Crippen molar-refractivity contribution in [3.8, 4) is 17.2 Å². The predicted octanol–water partition coefficient (Wildman–Crippen LogP) is 5.33. The minimum absolute atomic E-state index is 0.0892. The highest BCUT2D eigenvalue weighted by Gasteiger charge is 2.34. The minimum atomic E-state index is -4.31. The van der Waals surface area contributed by atoms with Gasteiger partial charge in [-0.15, -0.1) is 0 Å². The first-order valence-electron chi connectivity index (χ1n) is 15.1. The normalized spacial score (nSPS) is 12.5. The third-order valence-electron chi connectivity index (χ3n) is 7.52. The van der Waals surface area contributed by atoms with Gasteiger partial charge in [-0.3, -0.25) is 13.9 Å². The van der Waals surface area contributed by atoms with Crippen molar-refractivity contribution in [3.05, 3.63) is 77.9 Å². The number of methoxy groups -OCH3 is 2. The fraction of sp³-hybridized carbons (Fsp3) is 0.412. The molecule has 2 atom stereocenters. The number of rotatable bonds is 16. The van der Waals surface area contributed by atoms with E-state index in [1.807, 2.05) is 58.9 Å². The van der Waals surface area contributed by atoms with Crippen LogP contribution in [-0.2, 0) is 26.2 Å². The second-order valence-corrected chi connectivity index (χ2v) is 12.6. The summed E-state index contributed by atoms with van der Waals surface area (Å²) in [5.41, 5.74) is 2.13. The summed E-state index contributed by atoms with van der Waals surface area (Å²) in [7, 11) is -1.43. The molecule has 3 aromatic carbocycles. The molecule has 0 aliphatic heterocycles. The first-order valence-corrected chi connectivity index (χ1v) is 16.6. The van der Waals surface area contributed by atoms with Gasteiger partial charge in [0, 0.05) is 18.7 Å². The molecule has 1 N–H and O–H groups in total. The highest BCUT2D eigenvalue weighted by Crippen LogP contribution is 2.33. The molecule has 3 rings (SSSR count). The van der Waals surface area contributed by atoms with Gasteiger partial charge in [0.1, 0.15) is 18.3 Å². The highest BCUT2D eigenvalue weighted by atomic mass is 32.2. The van der Waals surface area contributed by atoms with Crippen LogP contribution in [0.25, 0.3) is 0 Å². The fourth-order valence-corrected chi connectivity index (χ4v) is 6.19. The van der Waals surface area contributed by atoms with Crippen molar-refractivity contribution in [2.75, 3.05) is 31.7 Å². The van der Waals surface area contributed by atoms with E-state index in [1.165, 1.54) is 37.3 Å². The van der Waals surface area contributed by atoms with Crippen molar-refractivity contribution in [2.45, 2.75) is 71.0 Å². The van der Waals surface area contributed by atoms with Crippen LogP contribution in [0.5, 0.6) is 17.2 Å². The Hall–Kier alpha value is -4.25. The molecule has 0 saturated heterocycles. The zero-order valence-corrected chi connectivity index (χ0v) is 28.0. The van der Waals surface area contributed by atoms with Gasteiger partial charge in [0.2, 0.25) is 11.8 Å². The van der Waals surface area contributed by atoms with Gasteiger partial charge in [0.15, 0.2) is 11.5 Å². The molecule has 11 heteroatoms. The van der Waals surface area contributed by atoms with Gasteiger partial charge in [0.25, 0.3) is 10.0 Å². The molecule has 0 radical (unpaired) electrons. The molecule has 0 saturated carbocycles. The summed E-state index contributed by atoms with van der Waals surface area (Å²) in [5, 5.41) is 2.99. The monoisotopic (exact) mass is 639 g/mol. The van der Waals surface area contributed by atoms with Crippen molar-refractivity contribution in [1.29, 1.82) is 0 Å². The van der Waals surface area contributed by atoms with Crippen molar-refractivity contribution >= 4 is 27.5 Å². The van der Waals surface area contributed by atoms with Crippen LogP contribution in [0.2, 0.25) is 0 Å². The average molecular weight is 640 g/mol. The van der Waals surface area contributed by atoms with Crippen LogP contribution in [0.4, 0.5) is 5.69 Å². The lowest BCUT2D eigenvalue weighted by Crippen LogP contribution is -2.53. The van der Waals surface area contributed by atoms with E-state index in [0.29, 0.717) is 24.5 Å². The van der Waals surface area contributed by atoms with E-state index in [0.717, 1.165) is 21.9 Å². The van der Waals surface area contributed by atoms with Crippen molar-refractivity contribution < 1.29 is 32.2 Å². The van der Waals surface area contributed by atoms with E-state index >= 15 is 0 Å². The number of sulfonamides is 1. The minimum Gasteiger partial charge on any atom is -0.494 e. The molecular weight excluding hydrogens is 594 g/mol. The largest absolute Gasteiger partial charge is 0.494 e. The topological polar surface area (TPSA) is 114 Å². The summed E-state index contributed by atoms with van der Waals surface area (Å²) in [5.74, 6) is 0.333. The second kappa shape index (κ2) is 16.2. The summed E-state index contributed by atoms with van der Waals surface area (Å²) in [6.07, 6.45) is 1.06. The van der Waals surface area contributed by atoms with E-state index in [-0.39, 0.29) is 34.8 Å². The molecule has 0 bridgehead atoms. The lowest BCUT2D eigenvalue weighted by molar-refractivity contribution is -0.140. The maximum atomic E-state index is 14.3. The smallest absolute Gasteiger partial charge is 0.264 e. The lowest BCUT2D eigenvalue weighted by Gasteiger charge is -2.33. The third kappa shape index (κ3) is 8.91. The van der Waals surface area contributed by atoms with Crippen LogP contribution in [-0.4, -0.2) is 64.6 Å². The molecular formula is C34H45N3O7S. The lowest BCUT2D eigenvalue weighted by atomic mass is 10.1. The zero-order chi connectivity index (χ0) is 33.1. The summed E-state index contributed by atoms with van der Waals surface area (Å²) >= 11 is 0. The summed E-state index contributed by atoms with van der Waals surface area (Å²) in [6.45, 7) is 9.54. The Morgan fingerprint density at radius 2 is 1.51 bits per heavy atom. The van der Waals surface area contributed by atoms with E-state index in [2.05, 4.69) is 5.32 Å². The van der Waals surface area contributed by atoms with Gasteiger partial charge >= 0.3 is 0 Å². The van der Waals surface area contributed by atoms with Gasteiger partial charge in [-0.1, -0.05) is 43.7 Å². The van der Waals surface area contributed by atoms with Crippen LogP contribution < -0.4 is 23.8 Å². The van der Waals surface area contributed by atoms with Crippen molar-refractivity contribution in [1.82, 2.24) is 10.2 Å². The molecule has 2 amide bonds. The molecule has 0 unspecified atom stereocenters. The van der Waals surface area contributed by atoms with E-state index in [9.17, 15) is 18.0 Å². The number of benzene rings is 3. The number of amides is 2. The van der Waals surface area contributed by atoms with Crippen LogP contribution in [0.15, 0.2) is 71.6 Å². The molecule has 0 aliphatic carbocycles. The van der Waals surface area contributed by atoms with Crippen molar-refractivity contribution in [3.63, 3.8) is 0 Å². The fourth-order valence-electron chi connectivity index (χ4n) is 4.76. The van der Waals surface area contributed by atoms with Gasteiger partial charge in [-0.05, 0) is 75.6 Å². The first-order chi connectivity index (χ1) is 21.5.